The van der Waals surface area contributed by atoms with Gasteiger partial charge in [0.25, 0.3) is 0 Å². The number of hydrogen-bond donors (Lipinski definition) is 1. The molecule has 0 amide bonds. The van der Waals surface area contributed by atoms with Gasteiger partial charge in [-0.1, -0.05) is 24.3 Å². The molecule has 1 atom stereocenters. The Morgan fingerprint density at radius 3 is 2.89 bits per heavy atom. The summed E-state index contributed by atoms with van der Waals surface area (Å²) in [6, 6.07) is 9.57. The highest BCUT2D eigenvalue weighted by atomic mass is 15.2. The van der Waals surface area contributed by atoms with Crippen molar-refractivity contribution in [2.24, 2.45) is 0 Å². The Bertz CT molecular complexity index is 418. The third-order valence-corrected chi connectivity index (χ3v) is 4.46. The third kappa shape index (κ3) is 3.35. The van der Waals surface area contributed by atoms with Gasteiger partial charge in [0.2, 0.25) is 0 Å². The van der Waals surface area contributed by atoms with Gasteiger partial charge in [0.05, 0.1) is 0 Å². The first-order valence-corrected chi connectivity index (χ1v) is 7.52. The molecule has 1 unspecified atom stereocenters. The van der Waals surface area contributed by atoms with E-state index in [1.165, 1.54) is 44.6 Å². The molecule has 1 aromatic rings. The summed E-state index contributed by atoms with van der Waals surface area (Å²) in [5.74, 6) is 0. The SMILES string of the molecule is CN1CCNC(CCN2CCc3ccccc3C2)C1. The molecule has 2 aliphatic heterocycles. The topological polar surface area (TPSA) is 18.5 Å². The minimum absolute atomic E-state index is 0.677. The van der Waals surface area contributed by atoms with Crippen molar-refractivity contribution >= 4 is 0 Å². The minimum atomic E-state index is 0.677. The van der Waals surface area contributed by atoms with Gasteiger partial charge >= 0.3 is 0 Å². The summed E-state index contributed by atoms with van der Waals surface area (Å²) in [4.78, 5) is 5.05. The van der Waals surface area contributed by atoms with Crippen LogP contribution in [-0.4, -0.2) is 55.6 Å². The van der Waals surface area contributed by atoms with Crippen LogP contribution in [0.15, 0.2) is 24.3 Å². The average Bonchev–Trinajstić information content (AvgIpc) is 2.45. The quantitative estimate of drug-likeness (QED) is 0.884. The van der Waals surface area contributed by atoms with Crippen molar-refractivity contribution in [2.45, 2.75) is 25.4 Å². The van der Waals surface area contributed by atoms with E-state index in [0.29, 0.717) is 6.04 Å². The lowest BCUT2D eigenvalue weighted by molar-refractivity contribution is 0.195. The van der Waals surface area contributed by atoms with Crippen LogP contribution in [-0.2, 0) is 13.0 Å². The Labute approximate surface area is 116 Å². The van der Waals surface area contributed by atoms with Crippen molar-refractivity contribution in [1.29, 1.82) is 0 Å². The van der Waals surface area contributed by atoms with Crippen molar-refractivity contribution in [3.05, 3.63) is 35.4 Å². The molecule has 3 rings (SSSR count). The lowest BCUT2D eigenvalue weighted by Gasteiger charge is -2.34. The van der Waals surface area contributed by atoms with E-state index in [-0.39, 0.29) is 0 Å². The monoisotopic (exact) mass is 259 g/mol. The van der Waals surface area contributed by atoms with Crippen LogP contribution in [0, 0.1) is 0 Å². The zero-order valence-corrected chi connectivity index (χ0v) is 11.9. The summed E-state index contributed by atoms with van der Waals surface area (Å²) in [5, 5.41) is 3.64. The second-order valence-corrected chi connectivity index (χ2v) is 6.00. The number of benzene rings is 1. The maximum absolute atomic E-state index is 3.64. The molecule has 1 fully saturated rings. The summed E-state index contributed by atoms with van der Waals surface area (Å²) < 4.78 is 0. The molecule has 1 aromatic carbocycles. The number of nitrogens with one attached hydrogen (secondary N) is 1. The Balaban J connectivity index is 1.49. The first kappa shape index (κ1) is 13.1. The maximum atomic E-state index is 3.64. The molecule has 0 saturated carbocycles. The molecule has 0 spiro atoms. The van der Waals surface area contributed by atoms with Gasteiger partial charge in [0.1, 0.15) is 0 Å². The van der Waals surface area contributed by atoms with E-state index in [0.717, 1.165) is 13.1 Å². The number of nitrogens with zero attached hydrogens (tertiary/aromatic N) is 2. The highest BCUT2D eigenvalue weighted by Gasteiger charge is 2.19. The molecule has 19 heavy (non-hydrogen) atoms. The van der Waals surface area contributed by atoms with Crippen molar-refractivity contribution < 1.29 is 0 Å². The number of hydrogen-bond acceptors (Lipinski definition) is 3. The highest BCUT2D eigenvalue weighted by molar-refractivity contribution is 5.28. The van der Waals surface area contributed by atoms with Gasteiger partial charge in [-0.15, -0.1) is 0 Å². The van der Waals surface area contributed by atoms with E-state index in [9.17, 15) is 0 Å². The molecule has 2 heterocycles. The molecule has 1 N–H and O–H groups in total. The van der Waals surface area contributed by atoms with Crippen LogP contribution in [0.2, 0.25) is 0 Å². The second-order valence-electron chi connectivity index (χ2n) is 6.00. The largest absolute Gasteiger partial charge is 0.311 e. The van der Waals surface area contributed by atoms with Crippen LogP contribution in [0.3, 0.4) is 0 Å². The zero-order valence-electron chi connectivity index (χ0n) is 11.9. The summed E-state index contributed by atoms with van der Waals surface area (Å²) >= 11 is 0. The number of likely N-dealkylation sites (N-methyl/N-ethyl adjacent to an activating group) is 1. The van der Waals surface area contributed by atoms with Crippen molar-refractivity contribution in [3.8, 4) is 0 Å². The van der Waals surface area contributed by atoms with E-state index in [2.05, 4.69) is 46.4 Å². The Hall–Kier alpha value is -0.900. The van der Waals surface area contributed by atoms with E-state index >= 15 is 0 Å². The van der Waals surface area contributed by atoms with Crippen LogP contribution in [0.25, 0.3) is 0 Å². The van der Waals surface area contributed by atoms with Gasteiger partial charge < -0.3 is 10.2 Å². The van der Waals surface area contributed by atoms with Crippen LogP contribution < -0.4 is 5.32 Å². The fourth-order valence-corrected chi connectivity index (χ4v) is 3.27. The Morgan fingerprint density at radius 1 is 1.21 bits per heavy atom. The molecular weight excluding hydrogens is 234 g/mol. The van der Waals surface area contributed by atoms with Gasteiger partial charge in [0.15, 0.2) is 0 Å². The highest BCUT2D eigenvalue weighted by Crippen LogP contribution is 2.18. The van der Waals surface area contributed by atoms with Gasteiger partial charge in [-0.3, -0.25) is 4.90 Å². The molecule has 0 aromatic heterocycles. The summed E-state index contributed by atoms with van der Waals surface area (Å²) in [6.45, 7) is 7.11. The Morgan fingerprint density at radius 2 is 2.05 bits per heavy atom. The van der Waals surface area contributed by atoms with Crippen LogP contribution >= 0.6 is 0 Å². The van der Waals surface area contributed by atoms with Gasteiger partial charge in [-0.2, -0.15) is 0 Å². The van der Waals surface area contributed by atoms with Gasteiger partial charge in [-0.25, -0.2) is 0 Å². The van der Waals surface area contributed by atoms with Gasteiger partial charge in [-0.05, 0) is 31.0 Å². The smallest absolute Gasteiger partial charge is 0.0236 e. The zero-order chi connectivity index (χ0) is 13.1. The first-order chi connectivity index (χ1) is 9.31. The predicted octanol–water partition coefficient (Wildman–Crippen LogP) is 1.34. The van der Waals surface area contributed by atoms with E-state index in [1.54, 1.807) is 5.56 Å². The van der Waals surface area contributed by atoms with Gasteiger partial charge in [0, 0.05) is 45.3 Å². The van der Waals surface area contributed by atoms with E-state index in [4.69, 9.17) is 0 Å². The van der Waals surface area contributed by atoms with Crippen molar-refractivity contribution in [2.75, 3.05) is 39.8 Å². The molecule has 1 saturated heterocycles. The number of rotatable bonds is 3. The second kappa shape index (κ2) is 6.04. The molecule has 3 nitrogen and oxygen atoms in total. The van der Waals surface area contributed by atoms with Crippen molar-refractivity contribution in [1.82, 2.24) is 15.1 Å². The molecule has 2 aliphatic rings. The maximum Gasteiger partial charge on any atom is 0.0236 e. The summed E-state index contributed by atoms with van der Waals surface area (Å²) in [5.41, 5.74) is 3.08. The molecule has 0 radical (unpaired) electrons. The van der Waals surface area contributed by atoms with E-state index < -0.39 is 0 Å². The van der Waals surface area contributed by atoms with Crippen LogP contribution in [0.1, 0.15) is 17.5 Å². The third-order valence-electron chi connectivity index (χ3n) is 4.46. The normalized spacial score (nSPS) is 25.2. The predicted molar refractivity (Wildman–Crippen MR) is 79.3 cm³/mol. The first-order valence-electron chi connectivity index (χ1n) is 7.52. The Kier molecular flexibility index (Phi) is 4.16. The lowest BCUT2D eigenvalue weighted by atomic mass is 9.99. The summed E-state index contributed by atoms with van der Waals surface area (Å²) in [7, 11) is 2.23. The van der Waals surface area contributed by atoms with E-state index in [1.807, 2.05) is 0 Å². The minimum Gasteiger partial charge on any atom is -0.311 e. The fourth-order valence-electron chi connectivity index (χ4n) is 3.27. The molecule has 104 valence electrons. The van der Waals surface area contributed by atoms with Crippen LogP contribution in [0.5, 0.6) is 0 Å². The van der Waals surface area contributed by atoms with Crippen molar-refractivity contribution in [3.63, 3.8) is 0 Å². The van der Waals surface area contributed by atoms with Crippen LogP contribution in [0.4, 0.5) is 0 Å². The summed E-state index contributed by atoms with van der Waals surface area (Å²) in [6.07, 6.45) is 2.49. The molecule has 3 heteroatoms. The molecule has 0 aliphatic carbocycles. The number of fused-ring (bicyclic) bond motifs is 1. The molecular formula is C16H25N3. The lowest BCUT2D eigenvalue weighted by Crippen LogP contribution is -2.50. The standard InChI is InChI=1S/C16H25N3/c1-18-11-8-17-16(13-18)7-10-19-9-6-14-4-2-3-5-15(14)12-19/h2-5,16-17H,6-13H2,1H3. The number of piperazine rings is 1. The fraction of sp³-hybridized carbons (Fsp3) is 0.625. The molecule has 0 bridgehead atoms. The average molecular weight is 259 g/mol.